The molecule has 0 aliphatic carbocycles. The van der Waals surface area contributed by atoms with E-state index in [-0.39, 0.29) is 5.89 Å². The van der Waals surface area contributed by atoms with Crippen molar-refractivity contribution in [1.29, 1.82) is 0 Å². The molecule has 0 bridgehead atoms. The molecule has 130 valence electrons. The summed E-state index contributed by atoms with van der Waals surface area (Å²) < 4.78 is 21.5. The molecule has 3 rings (SSSR count). The van der Waals surface area contributed by atoms with Gasteiger partial charge < -0.3 is 18.3 Å². The van der Waals surface area contributed by atoms with E-state index in [2.05, 4.69) is 10.2 Å². The Hall–Kier alpha value is -3.09. The number of methoxy groups -OCH3 is 1. The Labute approximate surface area is 144 Å². The maximum Gasteiger partial charge on any atom is 0.342 e. The van der Waals surface area contributed by atoms with Crippen molar-refractivity contribution in [3.8, 4) is 17.2 Å². The minimum absolute atomic E-state index is 0.219. The van der Waals surface area contributed by atoms with Gasteiger partial charge in [-0.3, -0.25) is 0 Å². The fourth-order valence-electron chi connectivity index (χ4n) is 2.36. The molecule has 1 aromatic carbocycles. The van der Waals surface area contributed by atoms with E-state index >= 15 is 0 Å². The molecule has 7 heteroatoms. The van der Waals surface area contributed by atoms with Crippen molar-refractivity contribution < 1.29 is 23.1 Å². The van der Waals surface area contributed by atoms with Crippen LogP contribution >= 0.6 is 0 Å². The molecule has 0 aliphatic rings. The van der Waals surface area contributed by atoms with Crippen molar-refractivity contribution in [2.75, 3.05) is 7.11 Å². The van der Waals surface area contributed by atoms with Crippen LogP contribution in [0.2, 0.25) is 0 Å². The fraction of sp³-hybridized carbons (Fsp3) is 0.278. The van der Waals surface area contributed by atoms with Gasteiger partial charge in [0.1, 0.15) is 22.8 Å². The summed E-state index contributed by atoms with van der Waals surface area (Å²) >= 11 is 0. The van der Waals surface area contributed by atoms with Crippen molar-refractivity contribution in [3.63, 3.8) is 0 Å². The molecular formula is C18H18N2O5. The molecule has 0 fully saturated rings. The quantitative estimate of drug-likeness (QED) is 0.650. The van der Waals surface area contributed by atoms with Gasteiger partial charge in [-0.15, -0.1) is 10.2 Å². The number of aromatic nitrogens is 2. The second kappa shape index (κ2) is 6.80. The molecule has 1 atom stereocenters. The zero-order valence-electron chi connectivity index (χ0n) is 14.4. The zero-order chi connectivity index (χ0) is 18.0. The van der Waals surface area contributed by atoms with E-state index < -0.39 is 12.1 Å². The molecule has 0 amide bonds. The van der Waals surface area contributed by atoms with E-state index in [1.807, 2.05) is 12.1 Å². The molecular weight excluding hydrogens is 324 g/mol. The first-order chi connectivity index (χ1) is 12.0. The average molecular weight is 342 g/mol. The van der Waals surface area contributed by atoms with Crippen LogP contribution in [0, 0.1) is 13.8 Å². The highest BCUT2D eigenvalue weighted by Gasteiger charge is 2.22. The molecule has 0 saturated heterocycles. The molecule has 0 radical (unpaired) electrons. The Morgan fingerprint density at radius 3 is 2.44 bits per heavy atom. The first-order valence-corrected chi connectivity index (χ1v) is 7.73. The van der Waals surface area contributed by atoms with Crippen LogP contribution in [0.4, 0.5) is 0 Å². The summed E-state index contributed by atoms with van der Waals surface area (Å²) in [6.07, 6.45) is -0.679. The van der Waals surface area contributed by atoms with Crippen LogP contribution in [0.5, 0.6) is 5.75 Å². The molecule has 0 N–H and O–H groups in total. The lowest BCUT2D eigenvalue weighted by Gasteiger charge is -2.08. The minimum atomic E-state index is -0.679. The topological polar surface area (TPSA) is 87.6 Å². The molecule has 1 unspecified atom stereocenters. The van der Waals surface area contributed by atoms with E-state index in [0.717, 1.165) is 11.3 Å². The van der Waals surface area contributed by atoms with Crippen LogP contribution in [-0.2, 0) is 4.74 Å². The van der Waals surface area contributed by atoms with E-state index in [1.54, 1.807) is 46.1 Å². The normalized spacial score (nSPS) is 12.0. The van der Waals surface area contributed by atoms with Gasteiger partial charge in [0.25, 0.3) is 5.89 Å². The van der Waals surface area contributed by atoms with E-state index in [0.29, 0.717) is 23.0 Å². The number of aryl methyl sites for hydroxylation is 2. The van der Waals surface area contributed by atoms with Crippen LogP contribution in [-0.4, -0.2) is 23.3 Å². The molecule has 2 aromatic heterocycles. The lowest BCUT2D eigenvalue weighted by molar-refractivity contribution is 0.0278. The summed E-state index contributed by atoms with van der Waals surface area (Å²) in [5.74, 6) is 1.96. The number of carbonyl (C=O) groups excluding carboxylic acids is 1. The number of ether oxygens (including phenoxy) is 2. The van der Waals surface area contributed by atoms with Gasteiger partial charge in [0.15, 0.2) is 6.10 Å². The maximum atomic E-state index is 12.2. The van der Waals surface area contributed by atoms with Gasteiger partial charge in [-0.25, -0.2) is 4.79 Å². The third-order valence-electron chi connectivity index (χ3n) is 3.67. The maximum absolute atomic E-state index is 12.2. The van der Waals surface area contributed by atoms with Crippen molar-refractivity contribution >= 4 is 5.97 Å². The third-order valence-corrected chi connectivity index (χ3v) is 3.67. The number of nitrogens with zero attached hydrogens (tertiary/aromatic N) is 2. The number of esters is 1. The van der Waals surface area contributed by atoms with Gasteiger partial charge in [0, 0.05) is 5.56 Å². The van der Waals surface area contributed by atoms with Crippen molar-refractivity contribution in [3.05, 3.63) is 53.3 Å². The smallest absolute Gasteiger partial charge is 0.342 e. The van der Waals surface area contributed by atoms with Crippen LogP contribution in [0.15, 0.2) is 39.2 Å². The van der Waals surface area contributed by atoms with E-state index in [4.69, 9.17) is 18.3 Å². The highest BCUT2D eigenvalue weighted by Crippen LogP contribution is 2.25. The summed E-state index contributed by atoms with van der Waals surface area (Å²) in [5.41, 5.74) is 1.14. The number of hydrogen-bond donors (Lipinski definition) is 0. The highest BCUT2D eigenvalue weighted by molar-refractivity contribution is 5.90. The SMILES string of the molecule is COc1ccc(-c2nnc(C(C)OC(=O)c3cc(C)oc3C)o2)cc1. The Bertz CT molecular complexity index is 879. The van der Waals surface area contributed by atoms with Gasteiger partial charge in [-0.1, -0.05) is 0 Å². The summed E-state index contributed by atoms with van der Waals surface area (Å²) in [5, 5.41) is 7.96. The lowest BCUT2D eigenvalue weighted by atomic mass is 10.2. The Kier molecular flexibility index (Phi) is 4.56. The van der Waals surface area contributed by atoms with Crippen LogP contribution in [0.25, 0.3) is 11.5 Å². The number of carbonyl (C=O) groups is 1. The average Bonchev–Trinajstić information content (AvgIpc) is 3.21. The lowest BCUT2D eigenvalue weighted by Crippen LogP contribution is -2.09. The fourth-order valence-corrected chi connectivity index (χ4v) is 2.36. The predicted molar refractivity (Wildman–Crippen MR) is 88.3 cm³/mol. The van der Waals surface area contributed by atoms with Crippen molar-refractivity contribution in [2.45, 2.75) is 26.9 Å². The second-order valence-corrected chi connectivity index (χ2v) is 5.55. The standard InChI is InChI=1S/C18H18N2O5/c1-10-9-15(11(2)23-10)18(21)24-12(3)16-19-20-17(25-16)13-5-7-14(22-4)8-6-13/h5-9,12H,1-4H3. The predicted octanol–water partition coefficient (Wildman–Crippen LogP) is 3.87. The molecule has 25 heavy (non-hydrogen) atoms. The summed E-state index contributed by atoms with van der Waals surface area (Å²) in [7, 11) is 1.60. The molecule has 2 heterocycles. The Morgan fingerprint density at radius 2 is 1.84 bits per heavy atom. The second-order valence-electron chi connectivity index (χ2n) is 5.55. The Morgan fingerprint density at radius 1 is 1.12 bits per heavy atom. The Balaban J connectivity index is 1.72. The molecule has 3 aromatic rings. The minimum Gasteiger partial charge on any atom is -0.497 e. The van der Waals surface area contributed by atoms with Crippen LogP contribution < -0.4 is 4.74 Å². The van der Waals surface area contributed by atoms with Crippen molar-refractivity contribution in [1.82, 2.24) is 10.2 Å². The number of hydrogen-bond acceptors (Lipinski definition) is 7. The third kappa shape index (κ3) is 3.55. The molecule has 0 aliphatic heterocycles. The monoisotopic (exact) mass is 342 g/mol. The number of furan rings is 1. The highest BCUT2D eigenvalue weighted by atomic mass is 16.6. The first-order valence-electron chi connectivity index (χ1n) is 7.73. The molecule has 0 spiro atoms. The number of rotatable bonds is 5. The van der Waals surface area contributed by atoms with Crippen molar-refractivity contribution in [2.24, 2.45) is 0 Å². The first kappa shape index (κ1) is 16.8. The summed E-state index contributed by atoms with van der Waals surface area (Å²) in [4.78, 5) is 12.2. The molecule has 7 nitrogen and oxygen atoms in total. The van der Waals surface area contributed by atoms with E-state index in [1.165, 1.54) is 0 Å². The van der Waals surface area contributed by atoms with Gasteiger partial charge in [-0.05, 0) is 51.1 Å². The largest absolute Gasteiger partial charge is 0.497 e. The van der Waals surface area contributed by atoms with Crippen LogP contribution in [0.3, 0.4) is 0 Å². The zero-order valence-corrected chi connectivity index (χ0v) is 14.4. The summed E-state index contributed by atoms with van der Waals surface area (Å²) in [6, 6.07) is 8.86. The number of benzene rings is 1. The van der Waals surface area contributed by atoms with Gasteiger partial charge >= 0.3 is 5.97 Å². The summed E-state index contributed by atoms with van der Waals surface area (Å²) in [6.45, 7) is 5.15. The van der Waals surface area contributed by atoms with E-state index in [9.17, 15) is 4.79 Å². The van der Waals surface area contributed by atoms with Crippen LogP contribution in [0.1, 0.15) is 40.8 Å². The van der Waals surface area contributed by atoms with Gasteiger partial charge in [0.2, 0.25) is 5.89 Å². The van der Waals surface area contributed by atoms with Gasteiger partial charge in [0.05, 0.1) is 7.11 Å². The van der Waals surface area contributed by atoms with Gasteiger partial charge in [-0.2, -0.15) is 0 Å². The molecule has 0 saturated carbocycles.